The van der Waals surface area contributed by atoms with E-state index in [1.54, 1.807) is 29.3 Å². The molecule has 156 valence electrons. The fourth-order valence-electron chi connectivity index (χ4n) is 3.24. The van der Waals surface area contributed by atoms with E-state index in [1.165, 1.54) is 0 Å². The molecule has 7 heteroatoms. The van der Waals surface area contributed by atoms with E-state index >= 15 is 0 Å². The zero-order valence-corrected chi connectivity index (χ0v) is 18.0. The topological polar surface area (TPSA) is 72.1 Å². The Kier molecular flexibility index (Phi) is 6.09. The molecule has 6 nitrogen and oxygen atoms in total. The van der Waals surface area contributed by atoms with Crippen LogP contribution < -0.4 is 0 Å². The van der Waals surface area contributed by atoms with Crippen molar-refractivity contribution < 1.29 is 9.21 Å². The summed E-state index contributed by atoms with van der Waals surface area (Å²) in [6, 6.07) is 17.0. The van der Waals surface area contributed by atoms with Gasteiger partial charge in [0, 0.05) is 29.3 Å². The number of fused-ring (bicyclic) bond motifs is 1. The van der Waals surface area contributed by atoms with Crippen molar-refractivity contribution in [3.63, 3.8) is 0 Å². The number of carbonyl (C=O) groups excluding carboxylic acids is 1. The van der Waals surface area contributed by atoms with Crippen LogP contribution in [-0.4, -0.2) is 32.0 Å². The first-order valence-corrected chi connectivity index (χ1v) is 10.3. The number of benzene rings is 2. The lowest BCUT2D eigenvalue weighted by molar-refractivity contribution is -0.128. The van der Waals surface area contributed by atoms with Gasteiger partial charge in [-0.3, -0.25) is 9.78 Å². The molecule has 31 heavy (non-hydrogen) atoms. The quantitative estimate of drug-likeness (QED) is 0.382. The monoisotopic (exact) mass is 432 g/mol. The van der Waals surface area contributed by atoms with Crippen molar-refractivity contribution in [3.05, 3.63) is 83.3 Å². The average molecular weight is 433 g/mol. The Labute approximate surface area is 185 Å². The van der Waals surface area contributed by atoms with Gasteiger partial charge in [-0.15, -0.1) is 10.2 Å². The Hall–Kier alpha value is -3.51. The molecule has 0 unspecified atom stereocenters. The van der Waals surface area contributed by atoms with Crippen LogP contribution in [0.5, 0.6) is 0 Å². The van der Waals surface area contributed by atoms with Crippen molar-refractivity contribution >= 4 is 34.5 Å². The summed E-state index contributed by atoms with van der Waals surface area (Å²) >= 11 is 6.21. The number of halogens is 1. The molecule has 2 aromatic carbocycles. The Balaban J connectivity index is 1.53. The molecular weight excluding hydrogens is 412 g/mol. The van der Waals surface area contributed by atoms with E-state index in [2.05, 4.69) is 15.2 Å². The van der Waals surface area contributed by atoms with Crippen LogP contribution in [0.4, 0.5) is 0 Å². The van der Waals surface area contributed by atoms with Crippen LogP contribution in [0.1, 0.15) is 25.3 Å². The molecule has 2 aromatic heterocycles. The van der Waals surface area contributed by atoms with E-state index < -0.39 is 0 Å². The lowest BCUT2D eigenvalue weighted by Gasteiger charge is -2.23. The van der Waals surface area contributed by atoms with Gasteiger partial charge in [0.25, 0.3) is 0 Å². The molecule has 0 aliphatic heterocycles. The van der Waals surface area contributed by atoms with Gasteiger partial charge in [0.1, 0.15) is 0 Å². The van der Waals surface area contributed by atoms with Crippen LogP contribution in [0.15, 0.2) is 71.3 Å². The smallest absolute Gasteiger partial charge is 0.249 e. The van der Waals surface area contributed by atoms with Gasteiger partial charge in [-0.05, 0) is 38.1 Å². The molecule has 0 atom stereocenters. The van der Waals surface area contributed by atoms with Crippen LogP contribution in [-0.2, 0) is 11.3 Å². The first-order chi connectivity index (χ1) is 15.0. The third-order valence-electron chi connectivity index (χ3n) is 4.85. The number of pyridine rings is 1. The van der Waals surface area contributed by atoms with Gasteiger partial charge >= 0.3 is 0 Å². The number of para-hydroxylation sites is 1. The van der Waals surface area contributed by atoms with E-state index in [0.29, 0.717) is 22.4 Å². The molecule has 0 aliphatic carbocycles. The molecule has 0 bridgehead atoms. The minimum absolute atomic E-state index is 0.0570. The number of amides is 1. The number of nitrogens with zero attached hydrogens (tertiary/aromatic N) is 4. The second-order valence-corrected chi connectivity index (χ2v) is 7.70. The second kappa shape index (κ2) is 9.10. The molecule has 0 fully saturated rings. The average Bonchev–Trinajstić information content (AvgIpc) is 3.24. The van der Waals surface area contributed by atoms with Gasteiger partial charge in [0.15, 0.2) is 0 Å². The van der Waals surface area contributed by atoms with E-state index in [-0.39, 0.29) is 18.5 Å². The van der Waals surface area contributed by atoms with Gasteiger partial charge in [-0.1, -0.05) is 48.0 Å². The Morgan fingerprint density at radius 1 is 1.10 bits per heavy atom. The van der Waals surface area contributed by atoms with Crippen molar-refractivity contribution in [3.8, 4) is 11.5 Å². The second-order valence-electron chi connectivity index (χ2n) is 7.30. The highest BCUT2D eigenvalue weighted by Gasteiger charge is 2.19. The van der Waals surface area contributed by atoms with Gasteiger partial charge < -0.3 is 9.32 Å². The van der Waals surface area contributed by atoms with Gasteiger partial charge in [-0.2, -0.15) is 0 Å². The van der Waals surface area contributed by atoms with Crippen molar-refractivity contribution in [1.82, 2.24) is 20.1 Å². The standard InChI is InChI=1S/C24H21ClN4O2/c1-16(2)29(15-21-27-28-24(31-21)19-10-3-4-11-20(19)25)22(30)13-12-18-8-5-7-17-9-6-14-26-23(17)18/h3-14,16H,15H2,1-2H3/b13-12+. The molecule has 1 amide bonds. The Morgan fingerprint density at radius 3 is 2.71 bits per heavy atom. The summed E-state index contributed by atoms with van der Waals surface area (Å²) in [5.41, 5.74) is 2.40. The normalized spacial score (nSPS) is 11.5. The molecular formula is C24H21ClN4O2. The van der Waals surface area contributed by atoms with E-state index in [0.717, 1.165) is 16.5 Å². The zero-order chi connectivity index (χ0) is 21.8. The SMILES string of the molecule is CC(C)N(Cc1nnc(-c2ccccc2Cl)o1)C(=O)/C=C/c1cccc2cccnc12. The summed E-state index contributed by atoms with van der Waals surface area (Å²) in [5.74, 6) is 0.520. The number of aromatic nitrogens is 3. The molecule has 4 aromatic rings. The summed E-state index contributed by atoms with van der Waals surface area (Å²) in [6.45, 7) is 4.08. The van der Waals surface area contributed by atoms with Crippen molar-refractivity contribution in [2.24, 2.45) is 0 Å². The van der Waals surface area contributed by atoms with Crippen LogP contribution in [0.2, 0.25) is 5.02 Å². The van der Waals surface area contributed by atoms with Crippen LogP contribution in [0.3, 0.4) is 0 Å². The summed E-state index contributed by atoms with van der Waals surface area (Å²) in [4.78, 5) is 19.0. The molecule has 2 heterocycles. The zero-order valence-electron chi connectivity index (χ0n) is 17.2. The summed E-state index contributed by atoms with van der Waals surface area (Å²) < 4.78 is 5.77. The van der Waals surface area contributed by atoms with Crippen LogP contribution in [0.25, 0.3) is 28.4 Å². The molecule has 0 aliphatic rings. The predicted octanol–water partition coefficient (Wildman–Crippen LogP) is 5.39. The predicted molar refractivity (Wildman–Crippen MR) is 121 cm³/mol. The van der Waals surface area contributed by atoms with E-state index in [9.17, 15) is 4.79 Å². The van der Waals surface area contributed by atoms with Gasteiger partial charge in [0.05, 0.1) is 22.6 Å². The van der Waals surface area contributed by atoms with Crippen molar-refractivity contribution in [1.29, 1.82) is 0 Å². The maximum Gasteiger partial charge on any atom is 0.249 e. The lowest BCUT2D eigenvalue weighted by atomic mass is 10.1. The summed E-state index contributed by atoms with van der Waals surface area (Å²) in [5, 5.41) is 9.73. The first kappa shape index (κ1) is 20.8. The molecule has 0 N–H and O–H groups in total. The highest BCUT2D eigenvalue weighted by molar-refractivity contribution is 6.33. The number of hydrogen-bond donors (Lipinski definition) is 0. The number of rotatable bonds is 6. The van der Waals surface area contributed by atoms with E-state index in [4.69, 9.17) is 16.0 Å². The molecule has 0 saturated carbocycles. The van der Waals surface area contributed by atoms with Crippen molar-refractivity contribution in [2.75, 3.05) is 0 Å². The highest BCUT2D eigenvalue weighted by Crippen LogP contribution is 2.26. The third-order valence-corrected chi connectivity index (χ3v) is 5.18. The molecule has 4 rings (SSSR count). The fraction of sp³-hybridized carbons (Fsp3) is 0.167. The largest absolute Gasteiger partial charge is 0.419 e. The maximum atomic E-state index is 12.9. The number of carbonyl (C=O) groups is 1. The first-order valence-electron chi connectivity index (χ1n) is 9.92. The third kappa shape index (κ3) is 4.64. The molecule has 0 radical (unpaired) electrons. The molecule has 0 saturated heterocycles. The lowest BCUT2D eigenvalue weighted by Crippen LogP contribution is -2.35. The Bertz CT molecular complexity index is 1240. The minimum atomic E-state index is -0.152. The summed E-state index contributed by atoms with van der Waals surface area (Å²) in [7, 11) is 0. The highest BCUT2D eigenvalue weighted by atomic mass is 35.5. The van der Waals surface area contributed by atoms with Crippen LogP contribution >= 0.6 is 11.6 Å². The Morgan fingerprint density at radius 2 is 1.90 bits per heavy atom. The van der Waals surface area contributed by atoms with Crippen molar-refractivity contribution in [2.45, 2.75) is 26.4 Å². The summed E-state index contributed by atoms with van der Waals surface area (Å²) in [6.07, 6.45) is 5.08. The fourth-order valence-corrected chi connectivity index (χ4v) is 3.46. The maximum absolute atomic E-state index is 12.9. The van der Waals surface area contributed by atoms with Crippen LogP contribution in [0, 0.1) is 0 Å². The minimum Gasteiger partial charge on any atom is -0.419 e. The van der Waals surface area contributed by atoms with E-state index in [1.807, 2.05) is 62.4 Å². The number of hydrogen-bond acceptors (Lipinski definition) is 5. The van der Waals surface area contributed by atoms with Gasteiger partial charge in [0.2, 0.25) is 17.7 Å². The molecule has 0 spiro atoms. The van der Waals surface area contributed by atoms with Gasteiger partial charge in [-0.25, -0.2) is 0 Å².